The Morgan fingerprint density at radius 2 is 2.09 bits per heavy atom. The minimum atomic E-state index is 0.866. The average Bonchev–Trinajstić information content (AvgIpc) is 2.08. The van der Waals surface area contributed by atoms with Gasteiger partial charge in [-0.1, -0.05) is 27.2 Å². The number of hydrogen-bond acceptors (Lipinski definition) is 3. The van der Waals surface area contributed by atoms with Gasteiger partial charge in [-0.3, -0.25) is 16.3 Å². The lowest BCUT2D eigenvalue weighted by Gasteiger charge is -1.92. The maximum absolute atomic E-state index is 4.89. The van der Waals surface area contributed by atoms with Crippen molar-refractivity contribution < 1.29 is 0 Å². The molecule has 0 aromatic carbocycles. The molecule has 0 saturated carbocycles. The van der Waals surface area contributed by atoms with Crippen LogP contribution in [0.3, 0.4) is 0 Å². The number of hydrazine groups is 2. The molecule has 0 aliphatic carbocycles. The van der Waals surface area contributed by atoms with Gasteiger partial charge in [0.1, 0.15) is 0 Å². The first kappa shape index (κ1) is 13.0. The van der Waals surface area contributed by atoms with Crippen molar-refractivity contribution in [1.29, 1.82) is 0 Å². The van der Waals surface area contributed by atoms with Gasteiger partial charge >= 0.3 is 0 Å². The van der Waals surface area contributed by atoms with Crippen molar-refractivity contribution in [2.45, 2.75) is 33.6 Å². The molecule has 0 aliphatic rings. The van der Waals surface area contributed by atoms with Crippen LogP contribution in [0.15, 0.2) is 4.99 Å². The van der Waals surface area contributed by atoms with Gasteiger partial charge < -0.3 is 0 Å². The van der Waals surface area contributed by atoms with E-state index >= 15 is 0 Å². The highest BCUT2D eigenvalue weighted by atomic mass is 15.5. The Morgan fingerprint density at radius 3 is 2.55 bits per heavy atom. The van der Waals surface area contributed by atoms with Crippen LogP contribution >= 0.6 is 0 Å². The van der Waals surface area contributed by atoms with E-state index in [4.69, 9.17) is 5.84 Å². The third-order valence-corrected chi connectivity index (χ3v) is 0.880. The van der Waals surface area contributed by atoms with Crippen molar-refractivity contribution in [1.82, 2.24) is 11.0 Å². The topological polar surface area (TPSA) is 62.4 Å². The summed E-state index contributed by atoms with van der Waals surface area (Å²) < 4.78 is 0. The summed E-state index contributed by atoms with van der Waals surface area (Å²) in [6.07, 6.45) is 3.85. The molecule has 0 amide bonds. The Morgan fingerprint density at radius 1 is 1.45 bits per heavy atom. The monoisotopic (exact) mass is 160 g/mol. The zero-order valence-corrected chi connectivity index (χ0v) is 7.72. The molecule has 0 unspecified atom stereocenters. The van der Waals surface area contributed by atoms with Crippen LogP contribution in [0.25, 0.3) is 0 Å². The molecule has 0 fully saturated rings. The lowest BCUT2D eigenvalue weighted by molar-refractivity contribution is 0.700. The second-order valence-corrected chi connectivity index (χ2v) is 1.68. The van der Waals surface area contributed by atoms with Crippen molar-refractivity contribution in [3.63, 3.8) is 0 Å². The molecule has 0 aromatic heterocycles. The molecule has 0 aromatic rings. The lowest BCUT2D eigenvalue weighted by atomic mass is 10.3. The van der Waals surface area contributed by atoms with Crippen molar-refractivity contribution in [2.24, 2.45) is 10.8 Å². The van der Waals surface area contributed by atoms with Crippen LogP contribution in [-0.2, 0) is 0 Å². The van der Waals surface area contributed by atoms with Gasteiger partial charge in [-0.05, 0) is 6.42 Å². The zero-order valence-electron chi connectivity index (χ0n) is 7.72. The summed E-state index contributed by atoms with van der Waals surface area (Å²) in [5.41, 5.74) is 4.79. The van der Waals surface area contributed by atoms with Gasteiger partial charge in [-0.25, -0.2) is 0 Å². The lowest BCUT2D eigenvalue weighted by Crippen LogP contribution is -2.36. The van der Waals surface area contributed by atoms with Crippen LogP contribution in [0.1, 0.15) is 33.6 Å². The van der Waals surface area contributed by atoms with E-state index in [0.29, 0.717) is 0 Å². The molecular formula is C7H20N4. The Kier molecular flexibility index (Phi) is 19.2. The molecule has 0 aliphatic heterocycles. The molecule has 4 N–H and O–H groups in total. The highest BCUT2D eigenvalue weighted by Crippen LogP contribution is 1.84. The minimum Gasteiger partial charge on any atom is -0.299 e. The van der Waals surface area contributed by atoms with Gasteiger partial charge in [0.15, 0.2) is 0 Å². The predicted molar refractivity (Wildman–Crippen MR) is 50.1 cm³/mol. The van der Waals surface area contributed by atoms with E-state index in [1.165, 1.54) is 6.42 Å². The van der Waals surface area contributed by atoms with Crippen LogP contribution in [0.5, 0.6) is 0 Å². The van der Waals surface area contributed by atoms with Gasteiger partial charge in [-0.15, -0.1) is 0 Å². The summed E-state index contributed by atoms with van der Waals surface area (Å²) in [5, 5.41) is 0. The predicted octanol–water partition coefficient (Wildman–Crippen LogP) is 0.809. The van der Waals surface area contributed by atoms with E-state index in [1.54, 1.807) is 6.34 Å². The number of nitrogens with one attached hydrogen (secondary N) is 2. The highest BCUT2D eigenvalue weighted by molar-refractivity contribution is 5.53. The highest BCUT2D eigenvalue weighted by Gasteiger charge is 1.75. The first-order valence-corrected chi connectivity index (χ1v) is 4.11. The van der Waals surface area contributed by atoms with Crippen molar-refractivity contribution >= 4 is 6.34 Å². The van der Waals surface area contributed by atoms with E-state index in [0.717, 1.165) is 13.0 Å². The van der Waals surface area contributed by atoms with Gasteiger partial charge in [0.25, 0.3) is 0 Å². The quantitative estimate of drug-likeness (QED) is 0.183. The van der Waals surface area contributed by atoms with Crippen LogP contribution in [0.4, 0.5) is 0 Å². The SMILES string of the molecule is CC.CCCCN=CNNN. The second-order valence-electron chi connectivity index (χ2n) is 1.68. The molecule has 11 heavy (non-hydrogen) atoms. The summed E-state index contributed by atoms with van der Waals surface area (Å²) in [5.74, 6) is 4.89. The number of aliphatic imine (C=N–C) groups is 1. The molecule has 0 heterocycles. The largest absolute Gasteiger partial charge is 0.299 e. The summed E-state index contributed by atoms with van der Waals surface area (Å²) in [7, 11) is 0. The average molecular weight is 160 g/mol. The molecule has 0 rings (SSSR count). The first-order chi connectivity index (χ1) is 5.41. The van der Waals surface area contributed by atoms with Crippen LogP contribution in [-0.4, -0.2) is 12.9 Å². The fourth-order valence-corrected chi connectivity index (χ4v) is 0.397. The normalized spacial score (nSPS) is 9.09. The van der Waals surface area contributed by atoms with Crippen LogP contribution in [0, 0.1) is 0 Å². The van der Waals surface area contributed by atoms with Gasteiger partial charge in [-0.2, -0.15) is 5.53 Å². The molecule has 0 saturated heterocycles. The molecule has 0 bridgehead atoms. The van der Waals surface area contributed by atoms with E-state index in [9.17, 15) is 0 Å². The Labute approximate surface area is 69.2 Å². The number of nitrogens with zero attached hydrogens (tertiary/aromatic N) is 1. The summed E-state index contributed by atoms with van der Waals surface area (Å²) in [6, 6.07) is 0. The van der Waals surface area contributed by atoms with Crippen molar-refractivity contribution in [2.75, 3.05) is 6.54 Å². The van der Waals surface area contributed by atoms with E-state index in [2.05, 4.69) is 22.9 Å². The Bertz CT molecular complexity index is 72.8. The first-order valence-electron chi connectivity index (χ1n) is 4.11. The standard InChI is InChI=1S/C5H14N4.C2H6/c1-2-3-4-7-5-8-9-6;1-2/h5,9H,2-4,6H2,1H3,(H,7,8);1-2H3. The molecule has 0 spiro atoms. The summed E-state index contributed by atoms with van der Waals surface area (Å²) >= 11 is 0. The summed E-state index contributed by atoms with van der Waals surface area (Å²) in [4.78, 5) is 3.97. The van der Waals surface area contributed by atoms with E-state index in [1.807, 2.05) is 13.8 Å². The van der Waals surface area contributed by atoms with Crippen molar-refractivity contribution in [3.8, 4) is 0 Å². The smallest absolute Gasteiger partial charge is 0.0976 e. The number of nitrogens with two attached hydrogens (primary N) is 1. The van der Waals surface area contributed by atoms with E-state index < -0.39 is 0 Å². The molecule has 68 valence electrons. The van der Waals surface area contributed by atoms with Gasteiger partial charge in [0, 0.05) is 6.54 Å². The zero-order chi connectivity index (χ0) is 8.95. The van der Waals surface area contributed by atoms with Crippen LogP contribution in [0.2, 0.25) is 0 Å². The third-order valence-electron chi connectivity index (χ3n) is 0.880. The Balaban J connectivity index is 0. The van der Waals surface area contributed by atoms with E-state index in [-0.39, 0.29) is 0 Å². The third kappa shape index (κ3) is 17.7. The molecular weight excluding hydrogens is 140 g/mol. The molecule has 0 radical (unpaired) electrons. The van der Waals surface area contributed by atoms with Crippen molar-refractivity contribution in [3.05, 3.63) is 0 Å². The fraction of sp³-hybridized carbons (Fsp3) is 0.857. The Hall–Kier alpha value is -0.610. The second kappa shape index (κ2) is 16.2. The molecule has 4 heteroatoms. The van der Waals surface area contributed by atoms with Gasteiger partial charge in [0.2, 0.25) is 0 Å². The fourth-order valence-electron chi connectivity index (χ4n) is 0.397. The number of rotatable bonds is 5. The van der Waals surface area contributed by atoms with Gasteiger partial charge in [0.05, 0.1) is 6.34 Å². The minimum absolute atomic E-state index is 0.866. The number of unbranched alkanes of at least 4 members (excludes halogenated alkanes) is 1. The molecule has 0 atom stereocenters. The maximum atomic E-state index is 4.89. The van der Waals surface area contributed by atoms with Crippen LogP contribution < -0.4 is 16.8 Å². The number of hydrogen-bond donors (Lipinski definition) is 3. The summed E-state index contributed by atoms with van der Waals surface area (Å²) in [6.45, 7) is 7.00. The maximum Gasteiger partial charge on any atom is 0.0976 e. The molecule has 4 nitrogen and oxygen atoms in total.